The van der Waals surface area contributed by atoms with E-state index in [9.17, 15) is 0 Å². The number of para-hydroxylation sites is 5. The zero-order valence-electron chi connectivity index (χ0n) is 27.7. The maximum atomic E-state index is 6.52. The quantitative estimate of drug-likeness (QED) is 0.185. The smallest absolute Gasteiger partial charge is 0.143 e. The molecular weight excluding hydrogens is 623 g/mol. The molecule has 3 nitrogen and oxygen atoms in total. The molecular formula is C48H31NO2. The summed E-state index contributed by atoms with van der Waals surface area (Å²) < 4.78 is 12.9. The summed E-state index contributed by atoms with van der Waals surface area (Å²) in [6.45, 7) is 0. The second kappa shape index (κ2) is 11.9. The summed E-state index contributed by atoms with van der Waals surface area (Å²) in [7, 11) is 0. The van der Waals surface area contributed by atoms with Gasteiger partial charge in [0.05, 0.1) is 5.69 Å². The van der Waals surface area contributed by atoms with Crippen LogP contribution in [-0.4, -0.2) is 0 Å². The van der Waals surface area contributed by atoms with Gasteiger partial charge in [-0.15, -0.1) is 0 Å². The Bertz CT molecular complexity index is 2730. The minimum Gasteiger partial charge on any atom is -0.456 e. The van der Waals surface area contributed by atoms with Gasteiger partial charge in [0.1, 0.15) is 22.7 Å². The van der Waals surface area contributed by atoms with Gasteiger partial charge in [-0.1, -0.05) is 140 Å². The Kier molecular flexibility index (Phi) is 6.81. The highest BCUT2D eigenvalue weighted by Gasteiger charge is 2.24. The number of fused-ring (bicyclic) bond motifs is 8. The first kappa shape index (κ1) is 29.1. The molecule has 0 amide bonds. The molecule has 1 aliphatic rings. The molecule has 9 aromatic rings. The molecule has 0 saturated heterocycles. The van der Waals surface area contributed by atoms with Crippen LogP contribution >= 0.6 is 0 Å². The van der Waals surface area contributed by atoms with Gasteiger partial charge in [-0.2, -0.15) is 0 Å². The highest BCUT2D eigenvalue weighted by atomic mass is 16.5. The predicted molar refractivity (Wildman–Crippen MR) is 210 cm³/mol. The van der Waals surface area contributed by atoms with Crippen LogP contribution in [0.3, 0.4) is 0 Å². The Morgan fingerprint density at radius 1 is 0.353 bits per heavy atom. The molecule has 3 heteroatoms. The molecule has 1 aromatic heterocycles. The Morgan fingerprint density at radius 2 is 0.941 bits per heavy atom. The van der Waals surface area contributed by atoms with Crippen LogP contribution in [0.2, 0.25) is 0 Å². The van der Waals surface area contributed by atoms with Crippen molar-refractivity contribution in [1.82, 2.24) is 0 Å². The lowest BCUT2D eigenvalue weighted by atomic mass is 9.93. The van der Waals surface area contributed by atoms with E-state index in [4.69, 9.17) is 9.15 Å². The molecule has 0 radical (unpaired) electrons. The average Bonchev–Trinajstić information content (AvgIpc) is 3.52. The van der Waals surface area contributed by atoms with Gasteiger partial charge < -0.3 is 14.1 Å². The topological polar surface area (TPSA) is 25.6 Å². The van der Waals surface area contributed by atoms with E-state index in [-0.39, 0.29) is 0 Å². The molecule has 1 aliphatic heterocycles. The first-order valence-corrected chi connectivity index (χ1v) is 17.3. The fourth-order valence-electron chi connectivity index (χ4n) is 7.53. The molecule has 0 aliphatic carbocycles. The number of hydrogen-bond acceptors (Lipinski definition) is 3. The Morgan fingerprint density at radius 3 is 1.75 bits per heavy atom. The molecule has 0 atom stereocenters. The van der Waals surface area contributed by atoms with Crippen molar-refractivity contribution in [2.75, 3.05) is 4.90 Å². The SMILES string of the molecule is c1ccc(-c2ccccc2N(c2ccc(-c3cccc4c3oc3ccccc34)cc2)c2ccc3c(c2)-c2ccccc2Oc2ccccc2-3)cc1. The van der Waals surface area contributed by atoms with Crippen LogP contribution in [0.4, 0.5) is 17.1 Å². The fraction of sp³-hybridized carbons (Fsp3) is 0. The third-order valence-corrected chi connectivity index (χ3v) is 9.91. The van der Waals surface area contributed by atoms with Crippen molar-refractivity contribution in [3.8, 4) is 56.0 Å². The standard InChI is InChI=1S/C48H31NO2/c1-2-13-32(14-3-1)36-15-4-8-21-44(36)49(34-27-25-33(26-28-34)37-19-12-20-42-40-17-6-11-24-47(40)51-48(37)42)35-29-30-38-39-16-5-9-22-45(39)50-46-23-10-7-18-41(46)43(38)31-35/h1-31H. The summed E-state index contributed by atoms with van der Waals surface area (Å²) in [5.41, 5.74) is 13.9. The Balaban J connectivity index is 1.17. The maximum Gasteiger partial charge on any atom is 0.143 e. The van der Waals surface area contributed by atoms with Crippen molar-refractivity contribution in [2.24, 2.45) is 0 Å². The van der Waals surface area contributed by atoms with Crippen LogP contribution in [0, 0.1) is 0 Å². The van der Waals surface area contributed by atoms with Crippen molar-refractivity contribution >= 4 is 39.0 Å². The average molecular weight is 654 g/mol. The van der Waals surface area contributed by atoms with Crippen molar-refractivity contribution in [1.29, 1.82) is 0 Å². The summed E-state index contributed by atoms with van der Waals surface area (Å²) in [6, 6.07) is 66.2. The van der Waals surface area contributed by atoms with E-state index in [1.165, 1.54) is 0 Å². The van der Waals surface area contributed by atoms with E-state index in [1.54, 1.807) is 0 Å². The third kappa shape index (κ3) is 4.90. The van der Waals surface area contributed by atoms with Gasteiger partial charge in [-0.05, 0) is 70.8 Å². The molecule has 0 spiro atoms. The van der Waals surface area contributed by atoms with E-state index >= 15 is 0 Å². The van der Waals surface area contributed by atoms with Gasteiger partial charge in [0, 0.05) is 44.4 Å². The molecule has 0 bridgehead atoms. The summed E-state index contributed by atoms with van der Waals surface area (Å²) in [5.74, 6) is 1.71. The predicted octanol–water partition coefficient (Wildman–Crippen LogP) is 13.8. The van der Waals surface area contributed by atoms with Crippen molar-refractivity contribution in [3.05, 3.63) is 188 Å². The minimum absolute atomic E-state index is 0.848. The van der Waals surface area contributed by atoms with Gasteiger partial charge in [0.25, 0.3) is 0 Å². The van der Waals surface area contributed by atoms with Crippen LogP contribution in [0.15, 0.2) is 192 Å². The van der Waals surface area contributed by atoms with Gasteiger partial charge in [-0.3, -0.25) is 0 Å². The van der Waals surface area contributed by atoms with E-state index in [0.29, 0.717) is 0 Å². The maximum absolute atomic E-state index is 6.52. The van der Waals surface area contributed by atoms with E-state index in [1.807, 2.05) is 30.3 Å². The van der Waals surface area contributed by atoms with Gasteiger partial charge in [0.2, 0.25) is 0 Å². The highest BCUT2D eigenvalue weighted by Crippen LogP contribution is 2.50. The molecule has 51 heavy (non-hydrogen) atoms. The van der Waals surface area contributed by atoms with Gasteiger partial charge in [-0.25, -0.2) is 0 Å². The second-order valence-corrected chi connectivity index (χ2v) is 12.9. The lowest BCUT2D eigenvalue weighted by Gasteiger charge is -2.29. The number of nitrogens with zero attached hydrogens (tertiary/aromatic N) is 1. The summed E-state index contributed by atoms with van der Waals surface area (Å²) in [6.07, 6.45) is 0. The van der Waals surface area contributed by atoms with Crippen LogP contribution < -0.4 is 9.64 Å². The fourth-order valence-corrected chi connectivity index (χ4v) is 7.53. The van der Waals surface area contributed by atoms with Crippen molar-refractivity contribution in [2.45, 2.75) is 0 Å². The second-order valence-electron chi connectivity index (χ2n) is 12.9. The molecule has 0 fully saturated rings. The Labute approximate surface area is 296 Å². The zero-order chi connectivity index (χ0) is 33.7. The summed E-state index contributed by atoms with van der Waals surface area (Å²) in [5, 5.41) is 2.26. The van der Waals surface area contributed by atoms with Gasteiger partial charge >= 0.3 is 0 Å². The molecule has 0 unspecified atom stereocenters. The molecule has 240 valence electrons. The number of hydrogen-bond donors (Lipinski definition) is 0. The first-order chi connectivity index (χ1) is 25.3. The number of benzene rings is 8. The lowest BCUT2D eigenvalue weighted by Crippen LogP contribution is -2.11. The van der Waals surface area contributed by atoms with E-state index in [0.717, 1.165) is 95.0 Å². The number of ether oxygens (including phenoxy) is 1. The molecule has 0 saturated carbocycles. The van der Waals surface area contributed by atoms with Crippen molar-refractivity contribution in [3.63, 3.8) is 0 Å². The van der Waals surface area contributed by atoms with E-state index in [2.05, 4.69) is 163 Å². The largest absolute Gasteiger partial charge is 0.456 e. The first-order valence-electron chi connectivity index (χ1n) is 17.3. The van der Waals surface area contributed by atoms with Crippen molar-refractivity contribution < 1.29 is 9.15 Å². The monoisotopic (exact) mass is 653 g/mol. The molecule has 0 N–H and O–H groups in total. The number of furan rings is 1. The minimum atomic E-state index is 0.848. The zero-order valence-corrected chi connectivity index (χ0v) is 27.7. The normalized spacial score (nSPS) is 11.7. The number of rotatable bonds is 5. The summed E-state index contributed by atoms with van der Waals surface area (Å²) in [4.78, 5) is 2.37. The van der Waals surface area contributed by atoms with Crippen LogP contribution in [0.5, 0.6) is 11.5 Å². The van der Waals surface area contributed by atoms with Crippen LogP contribution in [-0.2, 0) is 0 Å². The molecule has 2 heterocycles. The molecule has 10 rings (SSSR count). The molecule has 8 aromatic carbocycles. The van der Waals surface area contributed by atoms with E-state index < -0.39 is 0 Å². The number of anilines is 3. The Hall–Kier alpha value is -6.84. The van der Waals surface area contributed by atoms with Crippen LogP contribution in [0.25, 0.3) is 66.4 Å². The van der Waals surface area contributed by atoms with Gasteiger partial charge in [0.15, 0.2) is 0 Å². The highest BCUT2D eigenvalue weighted by molar-refractivity contribution is 6.09. The lowest BCUT2D eigenvalue weighted by molar-refractivity contribution is 0.488. The third-order valence-electron chi connectivity index (χ3n) is 9.91. The van der Waals surface area contributed by atoms with Crippen LogP contribution in [0.1, 0.15) is 0 Å². The summed E-state index contributed by atoms with van der Waals surface area (Å²) >= 11 is 0.